The van der Waals surface area contributed by atoms with Crippen molar-refractivity contribution in [3.63, 3.8) is 0 Å². The van der Waals surface area contributed by atoms with E-state index in [1.807, 2.05) is 0 Å². The summed E-state index contributed by atoms with van der Waals surface area (Å²) in [5.74, 6) is 0. The van der Waals surface area contributed by atoms with Crippen LogP contribution in [0, 0.1) is 0 Å². The smallest absolute Gasteiger partial charge is 0.133 e. The molecule has 0 N–H and O–H groups in total. The van der Waals surface area contributed by atoms with Crippen molar-refractivity contribution in [1.29, 1.82) is 0 Å². The minimum absolute atomic E-state index is 0.176. The Bertz CT molecular complexity index is 472. The van der Waals surface area contributed by atoms with Crippen molar-refractivity contribution >= 4 is 39.8 Å². The Kier molecular flexibility index (Phi) is 2.93. The highest BCUT2D eigenvalue weighted by molar-refractivity contribution is 7.16. The number of thiophene rings is 1. The first-order valence-corrected chi connectivity index (χ1v) is 6.46. The number of hydrogen-bond donors (Lipinski definition) is 0. The monoisotopic (exact) mass is 254 g/mol. The second-order valence-corrected chi connectivity index (χ2v) is 6.08. The highest BCUT2D eigenvalue weighted by atomic mass is 35.5. The SMILES string of the molecule is C=Nc1sc2c(c1C(Cl)=NC)C(C)(C)CC2. The number of rotatable bonds is 2. The fourth-order valence-electron chi connectivity index (χ4n) is 2.32. The van der Waals surface area contributed by atoms with Crippen molar-refractivity contribution in [2.75, 3.05) is 7.05 Å². The van der Waals surface area contributed by atoms with Crippen molar-refractivity contribution < 1.29 is 0 Å². The third-order valence-electron chi connectivity index (χ3n) is 3.16. The molecule has 1 heterocycles. The van der Waals surface area contributed by atoms with Crippen molar-refractivity contribution in [3.05, 3.63) is 16.0 Å². The molecule has 86 valence electrons. The van der Waals surface area contributed by atoms with Gasteiger partial charge in [0.1, 0.15) is 10.2 Å². The van der Waals surface area contributed by atoms with E-state index in [9.17, 15) is 0 Å². The van der Waals surface area contributed by atoms with E-state index in [2.05, 4.69) is 30.5 Å². The lowest BCUT2D eigenvalue weighted by molar-refractivity contribution is 0.522. The molecule has 0 saturated carbocycles. The van der Waals surface area contributed by atoms with Crippen LogP contribution in [0.15, 0.2) is 9.98 Å². The normalized spacial score (nSPS) is 18.6. The van der Waals surface area contributed by atoms with E-state index < -0.39 is 0 Å². The van der Waals surface area contributed by atoms with Gasteiger partial charge in [-0.25, -0.2) is 0 Å². The van der Waals surface area contributed by atoms with Gasteiger partial charge in [0.05, 0.1) is 5.56 Å². The Balaban J connectivity index is 2.71. The molecular weight excluding hydrogens is 240 g/mol. The van der Waals surface area contributed by atoms with Crippen molar-refractivity contribution in [2.24, 2.45) is 9.98 Å². The number of fused-ring (bicyclic) bond motifs is 1. The molecule has 1 aliphatic rings. The fraction of sp³-hybridized carbons (Fsp3) is 0.500. The summed E-state index contributed by atoms with van der Waals surface area (Å²) in [5, 5.41) is 1.46. The average molecular weight is 255 g/mol. The summed E-state index contributed by atoms with van der Waals surface area (Å²) < 4.78 is 0. The molecule has 0 radical (unpaired) electrons. The molecule has 0 fully saturated rings. The van der Waals surface area contributed by atoms with Crippen LogP contribution in [0.1, 0.15) is 36.3 Å². The third-order valence-corrected chi connectivity index (χ3v) is 4.70. The van der Waals surface area contributed by atoms with Crippen LogP contribution in [0.4, 0.5) is 5.00 Å². The highest BCUT2D eigenvalue weighted by Crippen LogP contribution is 2.49. The molecule has 0 saturated heterocycles. The lowest BCUT2D eigenvalue weighted by atomic mass is 9.85. The molecule has 0 unspecified atom stereocenters. The molecule has 4 heteroatoms. The van der Waals surface area contributed by atoms with Crippen LogP contribution >= 0.6 is 22.9 Å². The molecule has 0 aromatic carbocycles. The summed E-state index contributed by atoms with van der Waals surface area (Å²) in [6, 6.07) is 0. The van der Waals surface area contributed by atoms with Crippen LogP contribution in [-0.2, 0) is 11.8 Å². The summed E-state index contributed by atoms with van der Waals surface area (Å²) in [6.45, 7) is 8.12. The van der Waals surface area contributed by atoms with Crippen LogP contribution in [-0.4, -0.2) is 18.9 Å². The van der Waals surface area contributed by atoms with E-state index >= 15 is 0 Å². The van der Waals surface area contributed by atoms with Crippen LogP contribution < -0.4 is 0 Å². The summed E-state index contributed by atoms with van der Waals surface area (Å²) >= 11 is 7.90. The number of aliphatic imine (C=N–C) groups is 2. The van der Waals surface area contributed by atoms with Gasteiger partial charge < -0.3 is 0 Å². The summed E-state index contributed by atoms with van der Waals surface area (Å²) in [5.41, 5.74) is 2.51. The topological polar surface area (TPSA) is 24.7 Å². The summed E-state index contributed by atoms with van der Waals surface area (Å²) in [7, 11) is 1.71. The van der Waals surface area contributed by atoms with Crippen LogP contribution in [0.25, 0.3) is 0 Å². The molecule has 0 spiro atoms. The number of halogens is 1. The third kappa shape index (κ3) is 1.62. The molecule has 0 bridgehead atoms. The van der Waals surface area contributed by atoms with Gasteiger partial charge in [-0.05, 0) is 30.5 Å². The molecule has 2 rings (SSSR count). The van der Waals surface area contributed by atoms with Gasteiger partial charge in [-0.1, -0.05) is 25.4 Å². The van der Waals surface area contributed by atoms with Gasteiger partial charge in [0.15, 0.2) is 0 Å². The zero-order chi connectivity index (χ0) is 11.9. The number of aryl methyl sites for hydroxylation is 1. The Hall–Kier alpha value is -0.670. The van der Waals surface area contributed by atoms with Crippen molar-refractivity contribution in [2.45, 2.75) is 32.1 Å². The summed E-state index contributed by atoms with van der Waals surface area (Å²) in [6.07, 6.45) is 2.29. The zero-order valence-corrected chi connectivity index (χ0v) is 11.4. The molecule has 16 heavy (non-hydrogen) atoms. The van der Waals surface area contributed by atoms with Crippen molar-refractivity contribution in [3.8, 4) is 0 Å². The van der Waals surface area contributed by atoms with Gasteiger partial charge in [0.2, 0.25) is 0 Å². The molecule has 0 amide bonds. The maximum atomic E-state index is 6.20. The predicted molar refractivity (Wildman–Crippen MR) is 73.2 cm³/mol. The lowest BCUT2D eigenvalue weighted by Gasteiger charge is -2.19. The Morgan fingerprint density at radius 2 is 2.19 bits per heavy atom. The van der Waals surface area contributed by atoms with E-state index in [1.54, 1.807) is 18.4 Å². The first-order valence-electron chi connectivity index (χ1n) is 5.26. The lowest BCUT2D eigenvalue weighted by Crippen LogP contribution is -2.14. The molecule has 2 nitrogen and oxygen atoms in total. The standard InChI is InChI=1S/C12H15ClN2S/c1-12(2)6-5-7-9(12)8(10(13)14-3)11(15-4)16-7/h4-6H2,1-3H3. The van der Waals surface area contributed by atoms with E-state index in [0.717, 1.165) is 17.0 Å². The van der Waals surface area contributed by atoms with Gasteiger partial charge in [-0.15, -0.1) is 11.3 Å². The van der Waals surface area contributed by atoms with E-state index in [0.29, 0.717) is 5.17 Å². The first-order chi connectivity index (χ1) is 7.51. The largest absolute Gasteiger partial charge is 0.276 e. The number of hydrogen-bond acceptors (Lipinski definition) is 3. The van der Waals surface area contributed by atoms with Crippen LogP contribution in [0.3, 0.4) is 0 Å². The van der Waals surface area contributed by atoms with Gasteiger partial charge in [-0.2, -0.15) is 0 Å². The second kappa shape index (κ2) is 3.97. The average Bonchev–Trinajstić information content (AvgIpc) is 2.76. The molecule has 1 aromatic rings. The van der Waals surface area contributed by atoms with Crippen molar-refractivity contribution in [1.82, 2.24) is 0 Å². The predicted octanol–water partition coefficient (Wildman–Crippen LogP) is 3.92. The van der Waals surface area contributed by atoms with Gasteiger partial charge in [0.25, 0.3) is 0 Å². The summed E-state index contributed by atoms with van der Waals surface area (Å²) in [4.78, 5) is 9.55. The molecule has 1 aliphatic carbocycles. The molecule has 0 aliphatic heterocycles. The van der Waals surface area contributed by atoms with E-state index in [4.69, 9.17) is 11.6 Å². The molecular formula is C12H15ClN2S. The Morgan fingerprint density at radius 3 is 2.75 bits per heavy atom. The van der Waals surface area contributed by atoms with E-state index in [-0.39, 0.29) is 5.41 Å². The van der Waals surface area contributed by atoms with Crippen LogP contribution in [0.5, 0.6) is 0 Å². The fourth-order valence-corrected chi connectivity index (χ4v) is 3.85. The number of nitrogens with zero attached hydrogens (tertiary/aromatic N) is 2. The highest BCUT2D eigenvalue weighted by Gasteiger charge is 2.36. The van der Waals surface area contributed by atoms with Gasteiger partial charge >= 0.3 is 0 Å². The van der Waals surface area contributed by atoms with Gasteiger partial charge in [0, 0.05) is 11.9 Å². The van der Waals surface area contributed by atoms with Gasteiger partial charge in [-0.3, -0.25) is 9.98 Å². The zero-order valence-electron chi connectivity index (χ0n) is 9.80. The van der Waals surface area contributed by atoms with E-state index in [1.165, 1.54) is 16.9 Å². The minimum atomic E-state index is 0.176. The Morgan fingerprint density at radius 1 is 1.50 bits per heavy atom. The maximum Gasteiger partial charge on any atom is 0.133 e. The maximum absolute atomic E-state index is 6.20. The molecule has 0 atom stereocenters. The van der Waals surface area contributed by atoms with Crippen LogP contribution in [0.2, 0.25) is 0 Å². The minimum Gasteiger partial charge on any atom is -0.276 e. The second-order valence-electron chi connectivity index (χ2n) is 4.64. The Labute approximate surface area is 105 Å². The quantitative estimate of drug-likeness (QED) is 0.715. The first kappa shape index (κ1) is 11.8. The molecule has 1 aromatic heterocycles.